The molecule has 5 rings (SSSR count). The predicted molar refractivity (Wildman–Crippen MR) is 124 cm³/mol. The molecule has 162 valence electrons. The molecule has 6 nitrogen and oxygen atoms in total. The fraction of sp³-hybridized carbons (Fsp3) is 0.269. The summed E-state index contributed by atoms with van der Waals surface area (Å²) < 4.78 is 2.33. The molecule has 4 heterocycles. The number of aromatic carboxylic acids is 1. The number of nitrogens with zero attached hydrogens (tertiary/aromatic N) is 4. The largest absolute Gasteiger partial charge is 0.478 e. The summed E-state index contributed by atoms with van der Waals surface area (Å²) in [5.41, 5.74) is 4.81. The molecule has 6 heteroatoms. The summed E-state index contributed by atoms with van der Waals surface area (Å²) in [7, 11) is 0. The highest BCUT2D eigenvalue weighted by atomic mass is 16.4. The molecule has 1 fully saturated rings. The van der Waals surface area contributed by atoms with E-state index in [0.717, 1.165) is 32.5 Å². The number of hydrogen-bond acceptors (Lipinski definition) is 4. The standard InChI is InChI=1S/C26H26N4O2/c31-26(32)22-7-4-12-28-24(22)18-29-13-9-20(10-14-29)23-17-30(16-19-5-3-11-27-15-19)25-8-2-1-6-21(23)25/h1-8,11-12,15,17,20H,9-10,13-14,16,18H2,(H,31,32). The molecule has 0 aliphatic carbocycles. The van der Waals surface area contributed by atoms with Crippen LogP contribution in [0, 0.1) is 0 Å². The van der Waals surface area contributed by atoms with Gasteiger partial charge in [-0.25, -0.2) is 4.79 Å². The van der Waals surface area contributed by atoms with E-state index < -0.39 is 5.97 Å². The maximum Gasteiger partial charge on any atom is 0.337 e. The Morgan fingerprint density at radius 3 is 2.59 bits per heavy atom. The number of carboxylic acids is 1. The zero-order chi connectivity index (χ0) is 21.9. The molecule has 0 amide bonds. The number of aromatic nitrogens is 3. The van der Waals surface area contributed by atoms with Gasteiger partial charge in [-0.05, 0) is 67.2 Å². The Morgan fingerprint density at radius 1 is 1.00 bits per heavy atom. The van der Waals surface area contributed by atoms with E-state index in [0.29, 0.717) is 23.7 Å². The summed E-state index contributed by atoms with van der Waals surface area (Å²) in [4.78, 5) is 22.4. The molecular formula is C26H26N4O2. The van der Waals surface area contributed by atoms with Crippen molar-refractivity contribution in [3.8, 4) is 0 Å². The van der Waals surface area contributed by atoms with Gasteiger partial charge >= 0.3 is 5.97 Å². The molecule has 0 radical (unpaired) electrons. The van der Waals surface area contributed by atoms with Gasteiger partial charge in [0.2, 0.25) is 0 Å². The molecule has 32 heavy (non-hydrogen) atoms. The first-order chi connectivity index (χ1) is 15.7. The zero-order valence-electron chi connectivity index (χ0n) is 17.9. The molecule has 0 saturated carbocycles. The summed E-state index contributed by atoms with van der Waals surface area (Å²) in [6.07, 6.45) is 9.83. The number of piperidine rings is 1. The molecule has 1 N–H and O–H groups in total. The maximum absolute atomic E-state index is 11.5. The summed E-state index contributed by atoms with van der Waals surface area (Å²) >= 11 is 0. The number of pyridine rings is 2. The lowest BCUT2D eigenvalue weighted by molar-refractivity contribution is 0.0693. The van der Waals surface area contributed by atoms with Gasteiger partial charge in [0.1, 0.15) is 0 Å². The van der Waals surface area contributed by atoms with Gasteiger partial charge in [-0.2, -0.15) is 0 Å². The van der Waals surface area contributed by atoms with Gasteiger partial charge in [0, 0.05) is 48.8 Å². The third-order valence-corrected chi connectivity index (χ3v) is 6.42. The van der Waals surface area contributed by atoms with Crippen molar-refractivity contribution < 1.29 is 9.90 Å². The maximum atomic E-state index is 11.5. The van der Waals surface area contributed by atoms with E-state index in [-0.39, 0.29) is 0 Å². The summed E-state index contributed by atoms with van der Waals surface area (Å²) in [6.45, 7) is 3.26. The van der Waals surface area contributed by atoms with Crippen LogP contribution in [0.3, 0.4) is 0 Å². The highest BCUT2D eigenvalue weighted by molar-refractivity contribution is 5.88. The van der Waals surface area contributed by atoms with E-state index in [1.807, 2.05) is 12.3 Å². The number of hydrogen-bond donors (Lipinski definition) is 1. The van der Waals surface area contributed by atoms with Crippen molar-refractivity contribution >= 4 is 16.9 Å². The molecule has 1 aliphatic rings. The highest BCUT2D eigenvalue weighted by Gasteiger charge is 2.25. The molecular weight excluding hydrogens is 400 g/mol. The number of para-hydroxylation sites is 1. The van der Waals surface area contributed by atoms with Crippen molar-refractivity contribution in [2.24, 2.45) is 0 Å². The summed E-state index contributed by atoms with van der Waals surface area (Å²) in [5, 5.41) is 10.8. The van der Waals surface area contributed by atoms with E-state index >= 15 is 0 Å². The van der Waals surface area contributed by atoms with Gasteiger partial charge in [-0.3, -0.25) is 14.9 Å². The second-order valence-corrected chi connectivity index (χ2v) is 8.44. The van der Waals surface area contributed by atoms with Crippen LogP contribution in [0.2, 0.25) is 0 Å². The molecule has 0 unspecified atom stereocenters. The molecule has 1 aromatic carbocycles. The van der Waals surface area contributed by atoms with Crippen molar-refractivity contribution in [3.63, 3.8) is 0 Å². The fourth-order valence-corrected chi connectivity index (χ4v) is 4.79. The normalized spacial score (nSPS) is 15.2. The second-order valence-electron chi connectivity index (χ2n) is 8.44. The number of carboxylic acid groups (broad SMARTS) is 1. The number of fused-ring (bicyclic) bond motifs is 1. The molecule has 0 atom stereocenters. The van der Waals surface area contributed by atoms with Gasteiger partial charge in [-0.15, -0.1) is 0 Å². The third-order valence-electron chi connectivity index (χ3n) is 6.42. The Hall–Kier alpha value is -3.51. The Balaban J connectivity index is 1.33. The number of likely N-dealkylation sites (tertiary alicyclic amines) is 1. The van der Waals surface area contributed by atoms with Crippen LogP contribution in [-0.2, 0) is 13.1 Å². The molecule has 4 aromatic rings. The number of rotatable bonds is 6. The third kappa shape index (κ3) is 4.14. The minimum Gasteiger partial charge on any atom is -0.478 e. The van der Waals surface area contributed by atoms with Crippen LogP contribution in [0.15, 0.2) is 73.3 Å². The smallest absolute Gasteiger partial charge is 0.337 e. The summed E-state index contributed by atoms with van der Waals surface area (Å²) in [5.74, 6) is -0.418. The van der Waals surface area contributed by atoms with Crippen LogP contribution < -0.4 is 0 Å². The van der Waals surface area contributed by atoms with E-state index in [1.165, 1.54) is 22.0 Å². The fourth-order valence-electron chi connectivity index (χ4n) is 4.79. The minimum absolute atomic E-state index is 0.299. The van der Waals surface area contributed by atoms with Gasteiger partial charge in [-0.1, -0.05) is 24.3 Å². The van der Waals surface area contributed by atoms with Crippen molar-refractivity contribution in [2.45, 2.75) is 31.8 Å². The lowest BCUT2D eigenvalue weighted by Crippen LogP contribution is -2.33. The predicted octanol–water partition coefficient (Wildman–Crippen LogP) is 4.56. The lowest BCUT2D eigenvalue weighted by Gasteiger charge is -2.32. The van der Waals surface area contributed by atoms with Crippen LogP contribution in [0.1, 0.15) is 45.9 Å². The average molecular weight is 427 g/mol. The van der Waals surface area contributed by atoms with E-state index in [4.69, 9.17) is 0 Å². The van der Waals surface area contributed by atoms with Gasteiger partial charge in [0.25, 0.3) is 0 Å². The van der Waals surface area contributed by atoms with Crippen LogP contribution in [0.25, 0.3) is 10.9 Å². The molecule has 1 aliphatic heterocycles. The Labute approximate surface area is 187 Å². The first kappa shape index (κ1) is 20.4. The van der Waals surface area contributed by atoms with Crippen LogP contribution >= 0.6 is 0 Å². The molecule has 1 saturated heterocycles. The van der Waals surface area contributed by atoms with Crippen molar-refractivity contribution in [1.82, 2.24) is 19.4 Å². The molecule has 0 spiro atoms. The van der Waals surface area contributed by atoms with Crippen LogP contribution in [0.5, 0.6) is 0 Å². The van der Waals surface area contributed by atoms with Crippen LogP contribution in [-0.4, -0.2) is 43.6 Å². The quantitative estimate of drug-likeness (QED) is 0.489. The van der Waals surface area contributed by atoms with E-state index in [9.17, 15) is 9.90 Å². The van der Waals surface area contributed by atoms with E-state index in [2.05, 4.69) is 56.0 Å². The van der Waals surface area contributed by atoms with Crippen molar-refractivity contribution in [3.05, 3.63) is 95.7 Å². The second kappa shape index (κ2) is 8.93. The minimum atomic E-state index is -0.913. The zero-order valence-corrected chi connectivity index (χ0v) is 17.9. The molecule has 0 bridgehead atoms. The first-order valence-electron chi connectivity index (χ1n) is 11.1. The monoisotopic (exact) mass is 426 g/mol. The Morgan fingerprint density at radius 2 is 1.81 bits per heavy atom. The lowest BCUT2D eigenvalue weighted by atomic mass is 9.89. The summed E-state index contributed by atoms with van der Waals surface area (Å²) in [6, 6.07) is 16.0. The van der Waals surface area contributed by atoms with Crippen LogP contribution in [0.4, 0.5) is 0 Å². The molecule has 3 aromatic heterocycles. The first-order valence-corrected chi connectivity index (χ1v) is 11.1. The Bertz CT molecular complexity index is 1230. The average Bonchev–Trinajstić information content (AvgIpc) is 3.19. The SMILES string of the molecule is O=C(O)c1cccnc1CN1CCC(c2cn(Cc3cccnc3)c3ccccc23)CC1. The Kier molecular flexibility index (Phi) is 5.69. The van der Waals surface area contributed by atoms with Crippen molar-refractivity contribution in [1.29, 1.82) is 0 Å². The van der Waals surface area contributed by atoms with E-state index in [1.54, 1.807) is 24.5 Å². The highest BCUT2D eigenvalue weighted by Crippen LogP contribution is 2.35. The number of carbonyl (C=O) groups is 1. The van der Waals surface area contributed by atoms with Gasteiger partial charge < -0.3 is 9.67 Å². The van der Waals surface area contributed by atoms with Gasteiger partial charge in [0.05, 0.1) is 11.3 Å². The van der Waals surface area contributed by atoms with Gasteiger partial charge in [0.15, 0.2) is 0 Å². The number of benzene rings is 1. The van der Waals surface area contributed by atoms with Crippen molar-refractivity contribution in [2.75, 3.05) is 13.1 Å². The topological polar surface area (TPSA) is 71.2 Å².